The second kappa shape index (κ2) is 11.0. The molecule has 2 aromatic carbocycles. The van der Waals surface area contributed by atoms with Crippen LogP contribution >= 0.6 is 0 Å². The molecule has 0 saturated heterocycles. The highest BCUT2D eigenvalue weighted by molar-refractivity contribution is 5.83. The molecular weight excluding hydrogens is 468 g/mol. The van der Waals surface area contributed by atoms with Gasteiger partial charge in [0, 0.05) is 49.6 Å². The smallest absolute Gasteiger partial charge is 0.262 e. The molecule has 0 bridgehead atoms. The van der Waals surface area contributed by atoms with Crippen LogP contribution in [0.15, 0.2) is 59.5 Å². The number of rotatable bonds is 11. The third-order valence-corrected chi connectivity index (χ3v) is 6.52. The Balaban J connectivity index is 1.28. The highest BCUT2D eigenvalue weighted by Crippen LogP contribution is 2.18. The minimum Gasteiger partial charge on any atom is -0.379 e. The number of amides is 1. The normalized spacial score (nSPS) is 11.8. The Morgan fingerprint density at radius 3 is 2.68 bits per heavy atom. The molecular formula is C28H32N6O3. The van der Waals surface area contributed by atoms with Gasteiger partial charge >= 0.3 is 0 Å². The van der Waals surface area contributed by atoms with Gasteiger partial charge in [0.05, 0.1) is 17.0 Å². The Bertz CT molecular complexity index is 1600. The zero-order valence-corrected chi connectivity index (χ0v) is 21.2. The number of carbonyl (C=O) groups excluding carboxylic acids is 1. The Morgan fingerprint density at radius 2 is 1.84 bits per heavy atom. The van der Waals surface area contributed by atoms with Crippen LogP contribution in [0.25, 0.3) is 27.6 Å². The zero-order valence-electron chi connectivity index (χ0n) is 21.2. The van der Waals surface area contributed by atoms with Crippen LogP contribution in [0.5, 0.6) is 0 Å². The van der Waals surface area contributed by atoms with Crippen molar-refractivity contribution in [2.24, 2.45) is 0 Å². The number of hydrogen-bond acceptors (Lipinski definition) is 5. The molecule has 3 aromatic heterocycles. The summed E-state index contributed by atoms with van der Waals surface area (Å²) < 4.78 is 9.20. The van der Waals surface area contributed by atoms with Crippen molar-refractivity contribution in [3.05, 3.63) is 76.5 Å². The minimum atomic E-state index is -0.0957. The lowest BCUT2D eigenvalue weighted by molar-refractivity contribution is -0.121. The molecule has 0 radical (unpaired) electrons. The Kier molecular flexibility index (Phi) is 7.32. The predicted molar refractivity (Wildman–Crippen MR) is 144 cm³/mol. The molecule has 9 heteroatoms. The largest absolute Gasteiger partial charge is 0.379 e. The highest BCUT2D eigenvalue weighted by atomic mass is 16.5. The molecule has 0 atom stereocenters. The van der Waals surface area contributed by atoms with E-state index in [1.54, 1.807) is 4.57 Å². The fraction of sp³-hybridized carbons (Fsp3) is 0.357. The number of aryl methyl sites for hydroxylation is 2. The van der Waals surface area contributed by atoms with E-state index in [0.29, 0.717) is 49.5 Å². The summed E-state index contributed by atoms with van der Waals surface area (Å²) in [4.78, 5) is 29.1. The minimum absolute atomic E-state index is 0.0416. The van der Waals surface area contributed by atoms with Gasteiger partial charge in [-0.2, -0.15) is 0 Å². The van der Waals surface area contributed by atoms with Crippen molar-refractivity contribution in [2.45, 2.75) is 52.2 Å². The van der Waals surface area contributed by atoms with E-state index in [-0.39, 0.29) is 24.0 Å². The third kappa shape index (κ3) is 5.27. The van der Waals surface area contributed by atoms with E-state index in [2.05, 4.69) is 26.6 Å². The Hall–Kier alpha value is -3.98. The van der Waals surface area contributed by atoms with Gasteiger partial charge in [-0.1, -0.05) is 30.3 Å². The summed E-state index contributed by atoms with van der Waals surface area (Å²) >= 11 is 0. The molecule has 0 spiro atoms. The summed E-state index contributed by atoms with van der Waals surface area (Å²) in [5, 5.41) is 13.5. The molecule has 3 heterocycles. The number of hydrogen-bond donors (Lipinski definition) is 2. The van der Waals surface area contributed by atoms with Crippen molar-refractivity contribution < 1.29 is 9.53 Å². The lowest BCUT2D eigenvalue weighted by atomic mass is 10.1. The molecule has 37 heavy (non-hydrogen) atoms. The van der Waals surface area contributed by atoms with E-state index >= 15 is 0 Å². The monoisotopic (exact) mass is 500 g/mol. The summed E-state index contributed by atoms with van der Waals surface area (Å²) in [6, 6.07) is 15.6. The number of nitrogens with zero attached hydrogens (tertiary/aromatic N) is 4. The molecule has 0 saturated carbocycles. The summed E-state index contributed by atoms with van der Waals surface area (Å²) in [7, 11) is 0. The fourth-order valence-electron chi connectivity index (χ4n) is 4.71. The topological polar surface area (TPSA) is 106 Å². The Morgan fingerprint density at radius 1 is 1.05 bits per heavy atom. The molecule has 0 aliphatic carbocycles. The van der Waals surface area contributed by atoms with Crippen LogP contribution in [0, 0.1) is 0 Å². The maximum absolute atomic E-state index is 13.2. The number of H-pyrrole nitrogens is 1. The first kappa shape index (κ1) is 24.7. The van der Waals surface area contributed by atoms with E-state index in [9.17, 15) is 9.59 Å². The number of para-hydroxylation sites is 2. The number of fused-ring (bicyclic) bond motifs is 4. The summed E-state index contributed by atoms with van der Waals surface area (Å²) in [5.74, 6) is 1.10. The van der Waals surface area contributed by atoms with E-state index in [4.69, 9.17) is 4.74 Å². The fourth-order valence-corrected chi connectivity index (χ4v) is 4.71. The SMILES string of the molecule is CC(C)OCCCn1c(=O)c2ccccc2n2c(CCC(=O)NCCc3c[nH]c4ccccc34)nnc12. The molecule has 1 amide bonds. The van der Waals surface area contributed by atoms with Crippen molar-refractivity contribution in [1.29, 1.82) is 0 Å². The second-order valence-corrected chi connectivity index (χ2v) is 9.46. The van der Waals surface area contributed by atoms with Crippen molar-refractivity contribution in [2.75, 3.05) is 13.2 Å². The number of nitrogens with one attached hydrogen (secondary N) is 2. The van der Waals surface area contributed by atoms with Crippen molar-refractivity contribution in [1.82, 2.24) is 29.5 Å². The van der Waals surface area contributed by atoms with Gasteiger partial charge in [0.2, 0.25) is 11.7 Å². The average Bonchev–Trinajstić information content (AvgIpc) is 3.51. The molecule has 5 aromatic rings. The Labute approximate surface area is 214 Å². The molecule has 2 N–H and O–H groups in total. The van der Waals surface area contributed by atoms with Crippen LogP contribution in [-0.4, -0.2) is 49.3 Å². The molecule has 192 valence electrons. The number of carbonyl (C=O) groups is 1. The van der Waals surface area contributed by atoms with Crippen LogP contribution in [0.4, 0.5) is 0 Å². The van der Waals surface area contributed by atoms with E-state index < -0.39 is 0 Å². The van der Waals surface area contributed by atoms with Crippen molar-refractivity contribution in [3.8, 4) is 0 Å². The van der Waals surface area contributed by atoms with Crippen molar-refractivity contribution >= 4 is 33.5 Å². The number of aromatic amines is 1. The standard InChI is InChI=1S/C28H32N6O3/c1-19(2)37-17-7-16-33-27(36)22-9-4-6-11-24(22)34-25(31-32-28(33)34)12-13-26(35)29-15-14-20-18-30-23-10-5-3-8-21(20)23/h3-6,8-11,18-19,30H,7,12-17H2,1-2H3,(H,29,35). The van der Waals surface area contributed by atoms with Gasteiger partial charge in [-0.3, -0.25) is 18.6 Å². The van der Waals surface area contributed by atoms with Crippen LogP contribution in [-0.2, 0) is 28.9 Å². The van der Waals surface area contributed by atoms with Gasteiger partial charge in [-0.05, 0) is 50.5 Å². The lowest BCUT2D eigenvalue weighted by Gasteiger charge is -2.12. The van der Waals surface area contributed by atoms with Crippen LogP contribution in [0.3, 0.4) is 0 Å². The molecule has 5 rings (SSSR count). The van der Waals surface area contributed by atoms with Gasteiger partial charge in [-0.15, -0.1) is 10.2 Å². The quantitative estimate of drug-likeness (QED) is 0.269. The van der Waals surface area contributed by atoms with Crippen molar-refractivity contribution in [3.63, 3.8) is 0 Å². The molecule has 9 nitrogen and oxygen atoms in total. The van der Waals surface area contributed by atoms with E-state index in [1.807, 2.05) is 66.9 Å². The maximum Gasteiger partial charge on any atom is 0.262 e. The van der Waals surface area contributed by atoms with Gasteiger partial charge in [-0.25, -0.2) is 0 Å². The second-order valence-electron chi connectivity index (χ2n) is 9.46. The number of aromatic nitrogens is 5. The zero-order chi connectivity index (χ0) is 25.8. The van der Waals surface area contributed by atoms with Crippen LogP contribution in [0.1, 0.15) is 38.1 Å². The summed E-state index contributed by atoms with van der Waals surface area (Å²) in [6.07, 6.45) is 4.28. The van der Waals surface area contributed by atoms with Gasteiger partial charge in [0.25, 0.3) is 5.56 Å². The molecule has 0 aliphatic rings. The first-order valence-electron chi connectivity index (χ1n) is 12.8. The van der Waals surface area contributed by atoms with Crippen LogP contribution in [0.2, 0.25) is 0 Å². The molecule has 0 aliphatic heterocycles. The lowest BCUT2D eigenvalue weighted by Crippen LogP contribution is -2.26. The average molecular weight is 501 g/mol. The van der Waals surface area contributed by atoms with Gasteiger partial charge in [0.1, 0.15) is 5.82 Å². The first-order chi connectivity index (χ1) is 18.0. The summed E-state index contributed by atoms with van der Waals surface area (Å²) in [6.45, 7) is 5.57. The maximum atomic E-state index is 13.2. The number of ether oxygens (including phenoxy) is 1. The van der Waals surface area contributed by atoms with Crippen LogP contribution < -0.4 is 10.9 Å². The summed E-state index contributed by atoms with van der Waals surface area (Å²) in [5.41, 5.74) is 2.93. The molecule has 0 unspecified atom stereocenters. The predicted octanol–water partition coefficient (Wildman–Crippen LogP) is 3.63. The number of benzene rings is 2. The first-order valence-corrected chi connectivity index (χ1v) is 12.8. The highest BCUT2D eigenvalue weighted by Gasteiger charge is 2.17. The van der Waals surface area contributed by atoms with E-state index in [0.717, 1.165) is 17.5 Å². The van der Waals surface area contributed by atoms with Gasteiger partial charge in [0.15, 0.2) is 0 Å². The van der Waals surface area contributed by atoms with Gasteiger partial charge < -0.3 is 15.0 Å². The third-order valence-electron chi connectivity index (χ3n) is 6.52. The van der Waals surface area contributed by atoms with E-state index in [1.165, 1.54) is 10.9 Å². The molecule has 0 fully saturated rings.